The van der Waals surface area contributed by atoms with Crippen molar-refractivity contribution in [2.75, 3.05) is 25.0 Å². The van der Waals surface area contributed by atoms with E-state index in [-0.39, 0.29) is 12.0 Å². The summed E-state index contributed by atoms with van der Waals surface area (Å²) in [4.78, 5) is 15.6. The van der Waals surface area contributed by atoms with Crippen molar-refractivity contribution < 1.29 is 9.53 Å². The van der Waals surface area contributed by atoms with E-state index in [0.717, 1.165) is 42.2 Å². The minimum atomic E-state index is -0.133. The number of rotatable bonds is 4. The number of aromatic nitrogens is 1. The van der Waals surface area contributed by atoms with Crippen molar-refractivity contribution in [3.05, 3.63) is 78.0 Å². The molecule has 1 fully saturated rings. The summed E-state index contributed by atoms with van der Waals surface area (Å²) in [5.41, 5.74) is 4.46. The number of nitrogens with one attached hydrogen (secondary N) is 3. The first-order valence-corrected chi connectivity index (χ1v) is 8.77. The Kier molecular flexibility index (Phi) is 4.82. The van der Waals surface area contributed by atoms with Crippen LogP contribution in [0.5, 0.6) is 0 Å². The van der Waals surface area contributed by atoms with Gasteiger partial charge in [0, 0.05) is 30.7 Å². The summed E-state index contributed by atoms with van der Waals surface area (Å²) in [5, 5.41) is 6.26. The summed E-state index contributed by atoms with van der Waals surface area (Å²) in [6, 6.07) is 19.6. The number of H-pyrrole nitrogens is 1. The van der Waals surface area contributed by atoms with Crippen molar-refractivity contribution >= 4 is 11.6 Å². The first-order valence-electron chi connectivity index (χ1n) is 8.77. The van der Waals surface area contributed by atoms with Crippen LogP contribution in [0.3, 0.4) is 0 Å². The molecule has 26 heavy (non-hydrogen) atoms. The lowest BCUT2D eigenvalue weighted by atomic mass is 10.1. The molecule has 2 aromatic carbocycles. The number of amides is 1. The predicted molar refractivity (Wildman–Crippen MR) is 102 cm³/mol. The Balaban J connectivity index is 1.42. The maximum absolute atomic E-state index is 12.5. The number of ether oxygens (including phenoxy) is 1. The summed E-state index contributed by atoms with van der Waals surface area (Å²) in [5.74, 6) is -0.133. The fraction of sp³-hybridized carbons (Fsp3) is 0.190. The minimum absolute atomic E-state index is 0.0756. The van der Waals surface area contributed by atoms with Crippen LogP contribution < -0.4 is 10.6 Å². The number of carbonyl (C=O) groups excluding carboxylic acids is 1. The zero-order valence-electron chi connectivity index (χ0n) is 14.4. The molecule has 1 aromatic heterocycles. The Morgan fingerprint density at radius 3 is 2.62 bits per heavy atom. The van der Waals surface area contributed by atoms with E-state index in [2.05, 4.69) is 15.6 Å². The van der Waals surface area contributed by atoms with Gasteiger partial charge in [-0.2, -0.15) is 0 Å². The maximum atomic E-state index is 12.5. The summed E-state index contributed by atoms with van der Waals surface area (Å²) in [6.45, 7) is 2.43. The van der Waals surface area contributed by atoms with Crippen LogP contribution in [-0.2, 0) is 4.74 Å². The van der Waals surface area contributed by atoms with E-state index in [0.29, 0.717) is 5.56 Å². The van der Waals surface area contributed by atoms with E-state index < -0.39 is 0 Å². The average Bonchev–Trinajstić information content (AvgIpc) is 3.20. The molecule has 1 atom stereocenters. The third kappa shape index (κ3) is 3.69. The molecule has 1 amide bonds. The van der Waals surface area contributed by atoms with E-state index in [1.165, 1.54) is 0 Å². The molecule has 2 heterocycles. The van der Waals surface area contributed by atoms with Crippen LogP contribution in [0.4, 0.5) is 5.69 Å². The van der Waals surface area contributed by atoms with Gasteiger partial charge in [-0.05, 0) is 29.3 Å². The molecule has 1 unspecified atom stereocenters. The molecule has 4 rings (SSSR count). The molecule has 0 aliphatic carbocycles. The number of carbonyl (C=O) groups is 1. The second kappa shape index (κ2) is 7.56. The second-order valence-corrected chi connectivity index (χ2v) is 6.31. The van der Waals surface area contributed by atoms with Crippen molar-refractivity contribution in [1.29, 1.82) is 0 Å². The Morgan fingerprint density at radius 1 is 1.08 bits per heavy atom. The predicted octanol–water partition coefficient (Wildman–Crippen LogP) is 3.59. The fourth-order valence-electron chi connectivity index (χ4n) is 3.07. The summed E-state index contributed by atoms with van der Waals surface area (Å²) < 4.78 is 5.75. The largest absolute Gasteiger partial charge is 0.371 e. The Labute approximate surface area is 152 Å². The van der Waals surface area contributed by atoms with E-state index in [9.17, 15) is 4.79 Å². The van der Waals surface area contributed by atoms with Gasteiger partial charge in [-0.15, -0.1) is 0 Å². The number of hydrogen-bond donors (Lipinski definition) is 3. The second-order valence-electron chi connectivity index (χ2n) is 6.31. The topological polar surface area (TPSA) is 66.2 Å². The van der Waals surface area contributed by atoms with Gasteiger partial charge in [-0.1, -0.05) is 42.5 Å². The Bertz CT molecular complexity index is 866. The molecule has 1 saturated heterocycles. The smallest absolute Gasteiger partial charge is 0.257 e. The van der Waals surface area contributed by atoms with Crippen LogP contribution in [-0.4, -0.2) is 30.6 Å². The third-order valence-corrected chi connectivity index (χ3v) is 4.50. The number of aromatic amines is 1. The zero-order chi connectivity index (χ0) is 17.8. The molecular weight excluding hydrogens is 326 g/mol. The molecule has 5 heteroatoms. The van der Waals surface area contributed by atoms with Crippen LogP contribution in [0, 0.1) is 0 Å². The first kappa shape index (κ1) is 16.6. The Hall–Kier alpha value is -2.89. The van der Waals surface area contributed by atoms with E-state index in [4.69, 9.17) is 4.74 Å². The lowest BCUT2D eigenvalue weighted by Crippen LogP contribution is -2.33. The molecule has 5 nitrogen and oxygen atoms in total. The highest BCUT2D eigenvalue weighted by molar-refractivity contribution is 6.04. The van der Waals surface area contributed by atoms with Crippen molar-refractivity contribution in [3.63, 3.8) is 0 Å². The summed E-state index contributed by atoms with van der Waals surface area (Å²) in [7, 11) is 0. The number of hydrogen-bond acceptors (Lipinski definition) is 3. The third-order valence-electron chi connectivity index (χ3n) is 4.50. The van der Waals surface area contributed by atoms with Gasteiger partial charge >= 0.3 is 0 Å². The van der Waals surface area contributed by atoms with Gasteiger partial charge < -0.3 is 20.4 Å². The van der Waals surface area contributed by atoms with Crippen LogP contribution in [0.25, 0.3) is 11.3 Å². The molecule has 3 aromatic rings. The summed E-state index contributed by atoms with van der Waals surface area (Å²) >= 11 is 0. The summed E-state index contributed by atoms with van der Waals surface area (Å²) in [6.07, 6.45) is 1.81. The molecule has 0 bridgehead atoms. The number of anilines is 1. The van der Waals surface area contributed by atoms with E-state index >= 15 is 0 Å². The molecule has 0 saturated carbocycles. The highest BCUT2D eigenvalue weighted by atomic mass is 16.5. The van der Waals surface area contributed by atoms with Crippen molar-refractivity contribution in [1.82, 2.24) is 10.3 Å². The van der Waals surface area contributed by atoms with Gasteiger partial charge in [0.05, 0.1) is 18.3 Å². The van der Waals surface area contributed by atoms with Gasteiger partial charge in [0.1, 0.15) is 0 Å². The van der Waals surface area contributed by atoms with Gasteiger partial charge in [0.25, 0.3) is 5.91 Å². The highest BCUT2D eigenvalue weighted by Gasteiger charge is 2.15. The molecule has 1 aliphatic heterocycles. The maximum Gasteiger partial charge on any atom is 0.257 e. The molecule has 1 aliphatic rings. The van der Waals surface area contributed by atoms with Gasteiger partial charge in [-0.3, -0.25) is 4.79 Å². The monoisotopic (exact) mass is 347 g/mol. The van der Waals surface area contributed by atoms with Crippen molar-refractivity contribution in [3.8, 4) is 11.3 Å². The average molecular weight is 347 g/mol. The molecule has 3 N–H and O–H groups in total. The first-order chi connectivity index (χ1) is 12.8. The molecule has 0 spiro atoms. The van der Waals surface area contributed by atoms with Crippen molar-refractivity contribution in [2.24, 2.45) is 0 Å². The number of morpholine rings is 1. The van der Waals surface area contributed by atoms with E-state index in [1.807, 2.05) is 60.7 Å². The van der Waals surface area contributed by atoms with Gasteiger partial charge in [0.15, 0.2) is 0 Å². The molecule has 132 valence electrons. The SMILES string of the molecule is O=C(Nc1ccc(C2CNCCO2)cc1)c1c[nH]c(-c2ccccc2)c1. The fourth-order valence-corrected chi connectivity index (χ4v) is 3.07. The van der Waals surface area contributed by atoms with E-state index in [1.54, 1.807) is 6.20 Å². The lowest BCUT2D eigenvalue weighted by molar-refractivity contribution is 0.0277. The van der Waals surface area contributed by atoms with Crippen molar-refractivity contribution in [2.45, 2.75) is 6.10 Å². The quantitative estimate of drug-likeness (QED) is 0.676. The van der Waals surface area contributed by atoms with Crippen LogP contribution >= 0.6 is 0 Å². The minimum Gasteiger partial charge on any atom is -0.371 e. The standard InChI is InChI=1S/C21H21N3O2/c25-21(17-12-19(23-13-17)15-4-2-1-3-5-15)24-18-8-6-16(7-9-18)20-14-22-10-11-26-20/h1-9,12-13,20,22-23H,10-11,14H2,(H,24,25). The zero-order valence-corrected chi connectivity index (χ0v) is 14.4. The van der Waals surface area contributed by atoms with Crippen LogP contribution in [0.2, 0.25) is 0 Å². The highest BCUT2D eigenvalue weighted by Crippen LogP contribution is 2.22. The lowest BCUT2D eigenvalue weighted by Gasteiger charge is -2.24. The molecule has 0 radical (unpaired) electrons. The van der Waals surface area contributed by atoms with Crippen LogP contribution in [0.1, 0.15) is 22.0 Å². The van der Waals surface area contributed by atoms with Crippen LogP contribution in [0.15, 0.2) is 66.9 Å². The normalized spacial score (nSPS) is 17.0. The molecular formula is C21H21N3O2. The van der Waals surface area contributed by atoms with Gasteiger partial charge in [0.2, 0.25) is 0 Å². The van der Waals surface area contributed by atoms with Gasteiger partial charge in [-0.25, -0.2) is 0 Å². The Morgan fingerprint density at radius 2 is 1.88 bits per heavy atom. The number of benzene rings is 2.